The maximum absolute atomic E-state index is 9.11. The summed E-state index contributed by atoms with van der Waals surface area (Å²) in [5, 5.41) is 10.5. The molecule has 3 N–H and O–H groups in total. The van der Waals surface area contributed by atoms with Crippen molar-refractivity contribution < 1.29 is 39.7 Å². The van der Waals surface area contributed by atoms with Crippen molar-refractivity contribution in [2.45, 2.75) is 16.2 Å². The third kappa shape index (κ3) is 6.08. The molecule has 0 bridgehead atoms. The lowest BCUT2D eigenvalue weighted by molar-refractivity contribution is -1.01. The van der Waals surface area contributed by atoms with E-state index in [1.165, 1.54) is 23.7 Å². The number of anilines is 2. The van der Waals surface area contributed by atoms with E-state index in [2.05, 4.69) is 16.0 Å². The summed E-state index contributed by atoms with van der Waals surface area (Å²) in [6.45, 7) is 7.92. The molecular weight excluding hydrogens is 486 g/mol. The Labute approximate surface area is 204 Å². The number of aromatic nitrogens is 1. The minimum absolute atomic E-state index is 0. The lowest BCUT2D eigenvalue weighted by Crippen LogP contribution is -3.28. The van der Waals surface area contributed by atoms with Crippen LogP contribution in [0, 0.1) is 0 Å². The van der Waals surface area contributed by atoms with Crippen LogP contribution in [0.15, 0.2) is 40.3 Å². The third-order valence-corrected chi connectivity index (χ3v) is 7.04. The van der Waals surface area contributed by atoms with Gasteiger partial charge in [0.25, 0.3) is 0 Å². The predicted octanol–water partition coefficient (Wildman–Crippen LogP) is -4.84. The van der Waals surface area contributed by atoms with E-state index in [0.29, 0.717) is 5.02 Å². The molecule has 0 amide bonds. The fourth-order valence-electron chi connectivity index (χ4n) is 4.05. The van der Waals surface area contributed by atoms with Gasteiger partial charge in [-0.05, 0) is 24.3 Å². The molecule has 3 heterocycles. The molecule has 1 aromatic carbocycles. The number of hydrogen-bond donors (Lipinski definition) is 3. The average molecular weight is 512 g/mol. The second-order valence-electron chi connectivity index (χ2n) is 7.42. The molecule has 166 valence electrons. The monoisotopic (exact) mass is 510 g/mol. The molecule has 4 rings (SSSR count). The zero-order valence-corrected chi connectivity index (χ0v) is 20.4. The van der Waals surface area contributed by atoms with Gasteiger partial charge in [-0.15, -0.1) is 0 Å². The number of piperazine rings is 1. The van der Waals surface area contributed by atoms with E-state index in [0.717, 1.165) is 59.8 Å². The highest BCUT2D eigenvalue weighted by atomic mass is 35.5. The van der Waals surface area contributed by atoms with Gasteiger partial charge in [0, 0.05) is 29.1 Å². The largest absolute Gasteiger partial charge is 1.00 e. The summed E-state index contributed by atoms with van der Waals surface area (Å²) < 4.78 is 0. The van der Waals surface area contributed by atoms with Gasteiger partial charge in [-0.1, -0.05) is 35.0 Å². The number of fused-ring (bicyclic) bond motifs is 2. The van der Waals surface area contributed by atoms with Gasteiger partial charge in [0.05, 0.1) is 28.8 Å². The van der Waals surface area contributed by atoms with Gasteiger partial charge in [-0.2, -0.15) is 0 Å². The highest BCUT2D eigenvalue weighted by Gasteiger charge is 2.26. The number of aliphatic hydroxyl groups is 1. The Balaban J connectivity index is 0.00000160. The van der Waals surface area contributed by atoms with Crippen molar-refractivity contribution in [3.63, 3.8) is 0 Å². The number of nitrogens with zero attached hydrogens (tertiary/aromatic N) is 2. The van der Waals surface area contributed by atoms with Crippen LogP contribution in [-0.4, -0.2) is 62.5 Å². The zero-order chi connectivity index (χ0) is 19.5. The Bertz CT molecular complexity index is 785. The Morgan fingerprint density at radius 1 is 0.967 bits per heavy atom. The molecule has 0 unspecified atom stereocenters. The number of nitrogens with one attached hydrogen (secondary N) is 2. The van der Waals surface area contributed by atoms with Crippen molar-refractivity contribution in [1.82, 2.24) is 4.98 Å². The van der Waals surface area contributed by atoms with E-state index < -0.39 is 0 Å². The molecule has 1 aromatic heterocycles. The Kier molecular flexibility index (Phi) is 10.3. The van der Waals surface area contributed by atoms with Crippen LogP contribution in [0.3, 0.4) is 0 Å². The third-order valence-electron chi connectivity index (χ3n) is 5.53. The first kappa shape index (κ1) is 25.8. The number of halogens is 4. The quantitative estimate of drug-likeness (QED) is 0.364. The highest BCUT2D eigenvalue weighted by Crippen LogP contribution is 2.48. The van der Waals surface area contributed by atoms with Crippen molar-refractivity contribution in [3.05, 3.63) is 40.5 Å². The second kappa shape index (κ2) is 12.0. The van der Waals surface area contributed by atoms with Crippen molar-refractivity contribution in [2.24, 2.45) is 0 Å². The van der Waals surface area contributed by atoms with Crippen LogP contribution >= 0.6 is 35.0 Å². The van der Waals surface area contributed by atoms with Gasteiger partial charge < -0.3 is 44.6 Å². The average Bonchev–Trinajstić information content (AvgIpc) is 2.68. The number of pyridine rings is 1. The summed E-state index contributed by atoms with van der Waals surface area (Å²) in [6, 6.07) is 8.05. The fraction of sp³-hybridized carbons (Fsp3) is 0.450. The van der Waals surface area contributed by atoms with E-state index in [1.807, 2.05) is 18.2 Å². The van der Waals surface area contributed by atoms with Crippen LogP contribution < -0.4 is 39.5 Å². The van der Waals surface area contributed by atoms with Gasteiger partial charge in [0.1, 0.15) is 38.5 Å². The maximum Gasteiger partial charge on any atom is 0.147 e. The molecule has 10 heteroatoms. The van der Waals surface area contributed by atoms with Crippen LogP contribution in [0.1, 0.15) is 6.42 Å². The standard InChI is InChI=1S/C20H24Cl2N4OS.2ClH/c21-15-2-3-17-18(12-15)28-19-13-16(22)14-23-20(19)26(17)5-1-4-24-6-8-25(9-7-24)10-11-27;;/h2-3,12-14,27H,1,4-11H2;2*1H. The SMILES string of the molecule is OCC[NH+]1CC[NH+](CCCN2c3ccc(Cl)cc3Sc3cc(Cl)cnc32)CC1.[Cl-].[Cl-]. The number of quaternary nitrogens is 2. The molecule has 1 fully saturated rings. The number of benzene rings is 1. The predicted molar refractivity (Wildman–Crippen MR) is 115 cm³/mol. The molecule has 2 aliphatic rings. The van der Waals surface area contributed by atoms with Crippen molar-refractivity contribution >= 4 is 46.5 Å². The van der Waals surface area contributed by atoms with E-state index in [1.54, 1.807) is 22.9 Å². The molecule has 0 spiro atoms. The van der Waals surface area contributed by atoms with E-state index in [4.69, 9.17) is 28.3 Å². The van der Waals surface area contributed by atoms with Gasteiger partial charge in [-0.3, -0.25) is 0 Å². The normalized spacial score (nSPS) is 19.9. The van der Waals surface area contributed by atoms with Crippen LogP contribution in [0.4, 0.5) is 11.5 Å². The Hall–Kier alpha value is -0.440. The molecule has 1 saturated heterocycles. The van der Waals surface area contributed by atoms with E-state index in [9.17, 15) is 0 Å². The summed E-state index contributed by atoms with van der Waals surface area (Å²) in [4.78, 5) is 12.3. The van der Waals surface area contributed by atoms with E-state index >= 15 is 0 Å². The number of hydrogen-bond acceptors (Lipinski definition) is 4. The minimum atomic E-state index is 0. The fourth-order valence-corrected chi connectivity index (χ4v) is 5.65. The molecule has 30 heavy (non-hydrogen) atoms. The molecule has 0 atom stereocenters. The highest BCUT2D eigenvalue weighted by molar-refractivity contribution is 7.99. The first-order valence-electron chi connectivity index (χ1n) is 9.82. The zero-order valence-electron chi connectivity index (χ0n) is 16.5. The number of aliphatic hydroxyl groups excluding tert-OH is 1. The van der Waals surface area contributed by atoms with Gasteiger partial charge in [0.15, 0.2) is 0 Å². The smallest absolute Gasteiger partial charge is 0.147 e. The summed E-state index contributed by atoms with van der Waals surface area (Å²) in [7, 11) is 0. The van der Waals surface area contributed by atoms with Crippen LogP contribution in [0.5, 0.6) is 0 Å². The lowest BCUT2D eigenvalue weighted by atomic mass is 10.2. The van der Waals surface area contributed by atoms with Crippen molar-refractivity contribution in [2.75, 3.05) is 57.3 Å². The van der Waals surface area contributed by atoms with Crippen LogP contribution in [0.2, 0.25) is 10.0 Å². The molecule has 0 saturated carbocycles. The van der Waals surface area contributed by atoms with Gasteiger partial charge in [-0.25, -0.2) is 4.98 Å². The van der Waals surface area contributed by atoms with Crippen LogP contribution in [0.25, 0.3) is 0 Å². The summed E-state index contributed by atoms with van der Waals surface area (Å²) >= 11 is 14.1. The van der Waals surface area contributed by atoms with Crippen LogP contribution in [-0.2, 0) is 0 Å². The van der Waals surface area contributed by atoms with Gasteiger partial charge in [0.2, 0.25) is 0 Å². The first-order chi connectivity index (χ1) is 13.6. The van der Waals surface area contributed by atoms with Crippen molar-refractivity contribution in [3.8, 4) is 0 Å². The summed E-state index contributed by atoms with van der Waals surface area (Å²) in [5.74, 6) is 0.983. The Morgan fingerprint density at radius 3 is 2.33 bits per heavy atom. The molecule has 2 aliphatic heterocycles. The maximum atomic E-state index is 9.11. The molecule has 0 aliphatic carbocycles. The second-order valence-corrected chi connectivity index (χ2v) is 9.37. The van der Waals surface area contributed by atoms with Gasteiger partial charge >= 0.3 is 0 Å². The molecular formula is C20H26Cl4N4OS. The Morgan fingerprint density at radius 2 is 1.63 bits per heavy atom. The minimum Gasteiger partial charge on any atom is -1.00 e. The van der Waals surface area contributed by atoms with Crippen molar-refractivity contribution in [1.29, 1.82) is 0 Å². The lowest BCUT2D eigenvalue weighted by Gasteiger charge is -2.33. The first-order valence-corrected chi connectivity index (χ1v) is 11.4. The van der Waals surface area contributed by atoms with E-state index in [-0.39, 0.29) is 31.4 Å². The summed E-state index contributed by atoms with van der Waals surface area (Å²) in [5.41, 5.74) is 1.17. The number of rotatable bonds is 6. The topological polar surface area (TPSA) is 45.2 Å². The molecule has 2 aromatic rings. The summed E-state index contributed by atoms with van der Waals surface area (Å²) in [6.07, 6.45) is 2.82. The molecule has 0 radical (unpaired) electrons. The molecule has 5 nitrogen and oxygen atoms in total.